The van der Waals surface area contributed by atoms with Gasteiger partial charge < -0.3 is 14.5 Å². The third kappa shape index (κ3) is 5.31. The first kappa shape index (κ1) is 21.5. The number of nitrogens with zero attached hydrogens (tertiary/aromatic N) is 4. The molecule has 1 atom stereocenters. The molecule has 0 spiro atoms. The number of hydrogen-bond donors (Lipinski definition) is 0. The summed E-state index contributed by atoms with van der Waals surface area (Å²) in [5.41, 5.74) is 0.00547. The van der Waals surface area contributed by atoms with E-state index in [0.29, 0.717) is 56.2 Å². The summed E-state index contributed by atoms with van der Waals surface area (Å²) in [5.74, 6) is -0.343. The quantitative estimate of drug-likeness (QED) is 0.681. The van der Waals surface area contributed by atoms with Gasteiger partial charge in [-0.1, -0.05) is 11.6 Å². The molecule has 2 amide bonds. The predicted molar refractivity (Wildman–Crippen MR) is 112 cm³/mol. The van der Waals surface area contributed by atoms with Crippen LogP contribution in [0.15, 0.2) is 36.7 Å². The van der Waals surface area contributed by atoms with Gasteiger partial charge in [-0.25, -0.2) is 14.4 Å². The Balaban J connectivity index is 1.24. The fourth-order valence-corrected chi connectivity index (χ4v) is 4.33. The first-order valence-electron chi connectivity index (χ1n) is 10.4. The second-order valence-corrected chi connectivity index (χ2v) is 8.51. The standard InChI is InChI=1S/C22H24ClFN4O3/c23-17-2-3-19(24)18(11-17)21(30)27-8-4-15(5-9-27)12-28-13-16(10-20(28)29)14-31-22-25-6-1-7-26-22/h1-3,6-7,11,15-16H,4-5,8-10,12-14H2. The molecule has 4 rings (SSSR count). The van der Waals surface area contributed by atoms with Gasteiger partial charge in [0.15, 0.2) is 0 Å². The minimum absolute atomic E-state index is 0.00547. The van der Waals surface area contributed by atoms with Crippen LogP contribution in [0, 0.1) is 17.7 Å². The van der Waals surface area contributed by atoms with E-state index < -0.39 is 5.82 Å². The van der Waals surface area contributed by atoms with Crippen LogP contribution >= 0.6 is 11.6 Å². The topological polar surface area (TPSA) is 75.6 Å². The molecule has 2 fully saturated rings. The summed E-state index contributed by atoms with van der Waals surface area (Å²) in [6, 6.07) is 6.06. The van der Waals surface area contributed by atoms with Crippen molar-refractivity contribution in [3.05, 3.63) is 53.1 Å². The Hall–Kier alpha value is -2.74. The highest BCUT2D eigenvalue weighted by Crippen LogP contribution is 2.26. The van der Waals surface area contributed by atoms with E-state index in [1.54, 1.807) is 23.4 Å². The zero-order valence-electron chi connectivity index (χ0n) is 17.0. The summed E-state index contributed by atoms with van der Waals surface area (Å²) in [5, 5.41) is 0.338. The number of carbonyl (C=O) groups excluding carboxylic acids is 2. The van der Waals surface area contributed by atoms with E-state index in [1.807, 2.05) is 4.90 Å². The van der Waals surface area contributed by atoms with Crippen molar-refractivity contribution in [3.8, 4) is 6.01 Å². The number of likely N-dealkylation sites (tertiary alicyclic amines) is 2. The van der Waals surface area contributed by atoms with E-state index in [2.05, 4.69) is 9.97 Å². The van der Waals surface area contributed by atoms with Crippen molar-refractivity contribution in [2.24, 2.45) is 11.8 Å². The number of aromatic nitrogens is 2. The van der Waals surface area contributed by atoms with Crippen LogP contribution in [0.2, 0.25) is 5.02 Å². The summed E-state index contributed by atoms with van der Waals surface area (Å²) in [6.45, 7) is 2.80. The van der Waals surface area contributed by atoms with E-state index in [1.165, 1.54) is 18.2 Å². The van der Waals surface area contributed by atoms with Gasteiger partial charge in [0.25, 0.3) is 5.91 Å². The smallest absolute Gasteiger partial charge is 0.316 e. The Bertz CT molecular complexity index is 938. The van der Waals surface area contributed by atoms with Crippen molar-refractivity contribution >= 4 is 23.4 Å². The number of rotatable bonds is 6. The average Bonchev–Trinajstić information content (AvgIpc) is 3.14. The van der Waals surface area contributed by atoms with Crippen LogP contribution in [0.1, 0.15) is 29.6 Å². The predicted octanol–water partition coefficient (Wildman–Crippen LogP) is 3.05. The highest BCUT2D eigenvalue weighted by atomic mass is 35.5. The summed E-state index contributed by atoms with van der Waals surface area (Å²) in [6.07, 6.45) is 5.24. The normalized spacial score (nSPS) is 19.7. The molecule has 7 nitrogen and oxygen atoms in total. The van der Waals surface area contributed by atoms with Crippen molar-refractivity contribution in [3.63, 3.8) is 0 Å². The van der Waals surface area contributed by atoms with Crippen molar-refractivity contribution in [2.75, 3.05) is 32.8 Å². The van der Waals surface area contributed by atoms with Crippen LogP contribution in [-0.2, 0) is 4.79 Å². The lowest BCUT2D eigenvalue weighted by atomic mass is 9.95. The molecule has 0 saturated carbocycles. The minimum Gasteiger partial charge on any atom is -0.463 e. The number of hydrogen-bond acceptors (Lipinski definition) is 5. The second kappa shape index (κ2) is 9.60. The average molecular weight is 447 g/mol. The highest BCUT2D eigenvalue weighted by molar-refractivity contribution is 6.31. The summed E-state index contributed by atoms with van der Waals surface area (Å²) in [7, 11) is 0. The monoisotopic (exact) mass is 446 g/mol. The molecule has 1 aromatic heterocycles. The largest absolute Gasteiger partial charge is 0.463 e. The second-order valence-electron chi connectivity index (χ2n) is 8.07. The van der Waals surface area contributed by atoms with Crippen LogP contribution in [0.3, 0.4) is 0 Å². The van der Waals surface area contributed by atoms with E-state index in [0.717, 1.165) is 12.8 Å². The molecule has 1 unspecified atom stereocenters. The van der Waals surface area contributed by atoms with Gasteiger partial charge in [-0.05, 0) is 43.0 Å². The van der Waals surface area contributed by atoms with Gasteiger partial charge in [-0.15, -0.1) is 0 Å². The summed E-state index contributed by atoms with van der Waals surface area (Å²) < 4.78 is 19.6. The molecule has 0 N–H and O–H groups in total. The fraction of sp³-hybridized carbons (Fsp3) is 0.455. The number of ether oxygens (including phenoxy) is 1. The molecule has 164 valence electrons. The number of amides is 2. The molecule has 0 radical (unpaired) electrons. The molecule has 2 saturated heterocycles. The molecule has 2 aliphatic rings. The maximum Gasteiger partial charge on any atom is 0.316 e. The third-order valence-corrected chi connectivity index (χ3v) is 6.06. The van der Waals surface area contributed by atoms with Crippen molar-refractivity contribution < 1.29 is 18.7 Å². The van der Waals surface area contributed by atoms with Crippen LogP contribution in [0.4, 0.5) is 4.39 Å². The molecule has 3 heterocycles. The molecule has 9 heteroatoms. The number of carbonyl (C=O) groups is 2. The van der Waals surface area contributed by atoms with Crippen molar-refractivity contribution in [1.29, 1.82) is 0 Å². The van der Waals surface area contributed by atoms with E-state index in [4.69, 9.17) is 16.3 Å². The van der Waals surface area contributed by atoms with E-state index in [9.17, 15) is 14.0 Å². The Labute approximate surface area is 185 Å². The SMILES string of the molecule is O=C1CC(COc2ncccn2)CN1CC1CCN(C(=O)c2cc(Cl)ccc2F)CC1. The van der Waals surface area contributed by atoms with Crippen molar-refractivity contribution in [1.82, 2.24) is 19.8 Å². The molecule has 0 bridgehead atoms. The lowest BCUT2D eigenvalue weighted by Crippen LogP contribution is -2.42. The molecular weight excluding hydrogens is 423 g/mol. The molecule has 1 aromatic carbocycles. The van der Waals surface area contributed by atoms with Gasteiger partial charge in [0.1, 0.15) is 5.82 Å². The summed E-state index contributed by atoms with van der Waals surface area (Å²) in [4.78, 5) is 36.7. The van der Waals surface area contributed by atoms with Crippen LogP contribution in [0.5, 0.6) is 6.01 Å². The molecule has 2 aliphatic heterocycles. The minimum atomic E-state index is -0.562. The van der Waals surface area contributed by atoms with Gasteiger partial charge >= 0.3 is 6.01 Å². The number of benzene rings is 1. The van der Waals surface area contributed by atoms with Crippen molar-refractivity contribution in [2.45, 2.75) is 19.3 Å². The third-order valence-electron chi connectivity index (χ3n) is 5.82. The van der Waals surface area contributed by atoms with Gasteiger partial charge in [0.05, 0.1) is 12.2 Å². The molecule has 2 aromatic rings. The Morgan fingerprint density at radius 2 is 1.94 bits per heavy atom. The zero-order chi connectivity index (χ0) is 21.8. The molecular formula is C22H24ClFN4O3. The van der Waals surface area contributed by atoms with E-state index in [-0.39, 0.29) is 23.3 Å². The first-order chi connectivity index (χ1) is 15.0. The van der Waals surface area contributed by atoms with Gasteiger partial charge in [-0.3, -0.25) is 9.59 Å². The van der Waals surface area contributed by atoms with Gasteiger partial charge in [0.2, 0.25) is 5.91 Å². The summed E-state index contributed by atoms with van der Waals surface area (Å²) >= 11 is 5.91. The van der Waals surface area contributed by atoms with Crippen LogP contribution < -0.4 is 4.74 Å². The lowest BCUT2D eigenvalue weighted by Gasteiger charge is -2.34. The Morgan fingerprint density at radius 3 is 2.68 bits per heavy atom. The molecule has 0 aliphatic carbocycles. The Kier molecular flexibility index (Phi) is 6.65. The molecule has 31 heavy (non-hydrogen) atoms. The fourth-order valence-electron chi connectivity index (χ4n) is 4.16. The number of piperidine rings is 1. The van der Waals surface area contributed by atoms with E-state index >= 15 is 0 Å². The first-order valence-corrected chi connectivity index (χ1v) is 10.8. The number of halogens is 2. The van der Waals surface area contributed by atoms with Crippen LogP contribution in [0.25, 0.3) is 0 Å². The maximum atomic E-state index is 14.0. The van der Waals surface area contributed by atoms with Gasteiger partial charge in [0, 0.05) is 55.9 Å². The van der Waals surface area contributed by atoms with Gasteiger partial charge in [-0.2, -0.15) is 0 Å². The highest BCUT2D eigenvalue weighted by Gasteiger charge is 2.33. The maximum absolute atomic E-state index is 14.0. The zero-order valence-corrected chi connectivity index (χ0v) is 17.8. The Morgan fingerprint density at radius 1 is 1.19 bits per heavy atom. The lowest BCUT2D eigenvalue weighted by molar-refractivity contribution is -0.128. The van der Waals surface area contributed by atoms with Crippen LogP contribution in [-0.4, -0.2) is 64.4 Å².